The normalized spacial score (nSPS) is 24.7. The van der Waals surface area contributed by atoms with Crippen molar-refractivity contribution in [2.45, 2.75) is 37.5 Å². The molecule has 1 heterocycles. The molecule has 6 heteroatoms. The third-order valence-corrected chi connectivity index (χ3v) is 4.31. The van der Waals surface area contributed by atoms with Gasteiger partial charge in [0, 0.05) is 6.54 Å². The van der Waals surface area contributed by atoms with Gasteiger partial charge in [0.2, 0.25) is 0 Å². The van der Waals surface area contributed by atoms with Crippen LogP contribution in [0.1, 0.15) is 32.6 Å². The standard InChI is InChI=1S/C10H17NO4S/c1-2-3-7-16-10(8(12)13)5-4-6-11(10)9(14)15/h2-7H2,1H3,(H,12,13)(H,14,15). The molecule has 1 aliphatic heterocycles. The monoisotopic (exact) mass is 247 g/mol. The number of amides is 1. The maximum Gasteiger partial charge on any atom is 0.408 e. The van der Waals surface area contributed by atoms with Crippen LogP contribution >= 0.6 is 11.8 Å². The van der Waals surface area contributed by atoms with Crippen LogP contribution in [-0.4, -0.2) is 44.3 Å². The third kappa shape index (κ3) is 2.42. The first-order chi connectivity index (χ1) is 7.54. The number of unbranched alkanes of at least 4 members (excludes halogenated alkanes) is 1. The second-order valence-corrected chi connectivity index (χ2v) is 5.20. The Kier molecular flexibility index (Phi) is 4.46. The third-order valence-electron chi connectivity index (χ3n) is 2.74. The number of carbonyl (C=O) groups is 2. The highest BCUT2D eigenvalue weighted by molar-refractivity contribution is 8.01. The fourth-order valence-corrected chi connectivity index (χ4v) is 3.37. The molecule has 0 radical (unpaired) electrons. The molecule has 16 heavy (non-hydrogen) atoms. The minimum Gasteiger partial charge on any atom is -0.479 e. The Labute approximate surface area is 98.8 Å². The fourth-order valence-electron chi connectivity index (χ4n) is 1.86. The Morgan fingerprint density at radius 1 is 1.44 bits per heavy atom. The molecule has 92 valence electrons. The van der Waals surface area contributed by atoms with E-state index in [-0.39, 0.29) is 0 Å². The summed E-state index contributed by atoms with van der Waals surface area (Å²) in [5.74, 6) is -0.347. The lowest BCUT2D eigenvalue weighted by Crippen LogP contribution is -2.50. The van der Waals surface area contributed by atoms with Crippen LogP contribution in [0.15, 0.2) is 0 Å². The zero-order valence-electron chi connectivity index (χ0n) is 9.31. The Morgan fingerprint density at radius 3 is 2.62 bits per heavy atom. The Hall–Kier alpha value is -0.910. The molecule has 0 aliphatic carbocycles. The number of rotatable bonds is 5. The summed E-state index contributed by atoms with van der Waals surface area (Å²) in [5.41, 5.74) is 0. The number of carboxylic acids is 1. The quantitative estimate of drug-likeness (QED) is 0.727. The van der Waals surface area contributed by atoms with Gasteiger partial charge < -0.3 is 10.2 Å². The number of nitrogens with zero attached hydrogens (tertiary/aromatic N) is 1. The Morgan fingerprint density at radius 2 is 2.12 bits per heavy atom. The molecule has 1 amide bonds. The largest absolute Gasteiger partial charge is 0.479 e. The molecular formula is C10H17NO4S. The minimum absolute atomic E-state index is 0.320. The van der Waals surface area contributed by atoms with Gasteiger partial charge in [0.1, 0.15) is 0 Å². The summed E-state index contributed by atoms with van der Waals surface area (Å²) in [7, 11) is 0. The predicted octanol–water partition coefficient (Wildman–Crippen LogP) is 2.07. The van der Waals surface area contributed by atoms with Gasteiger partial charge in [-0.2, -0.15) is 0 Å². The van der Waals surface area contributed by atoms with E-state index in [1.807, 2.05) is 6.92 Å². The molecular weight excluding hydrogens is 230 g/mol. The molecule has 0 aromatic carbocycles. The number of aliphatic carboxylic acids is 1. The van der Waals surface area contributed by atoms with Gasteiger partial charge in [0.05, 0.1) is 0 Å². The van der Waals surface area contributed by atoms with Gasteiger partial charge in [-0.15, -0.1) is 11.8 Å². The number of hydrogen-bond donors (Lipinski definition) is 2. The van der Waals surface area contributed by atoms with Crippen LogP contribution in [0.5, 0.6) is 0 Å². The summed E-state index contributed by atoms with van der Waals surface area (Å²) in [5, 5.41) is 18.3. The van der Waals surface area contributed by atoms with Crippen LogP contribution in [0.2, 0.25) is 0 Å². The van der Waals surface area contributed by atoms with Crippen molar-refractivity contribution in [2.75, 3.05) is 12.3 Å². The molecule has 1 unspecified atom stereocenters. The molecule has 0 aromatic rings. The van der Waals surface area contributed by atoms with Gasteiger partial charge in [0.25, 0.3) is 0 Å². The number of hydrogen-bond acceptors (Lipinski definition) is 3. The lowest BCUT2D eigenvalue weighted by Gasteiger charge is -2.31. The van der Waals surface area contributed by atoms with Gasteiger partial charge in [0.15, 0.2) is 4.87 Å². The van der Waals surface area contributed by atoms with E-state index in [1.165, 1.54) is 11.8 Å². The van der Waals surface area contributed by atoms with Crippen LogP contribution in [0.4, 0.5) is 4.79 Å². The zero-order valence-corrected chi connectivity index (χ0v) is 10.1. The maximum atomic E-state index is 11.3. The van der Waals surface area contributed by atoms with Gasteiger partial charge in [-0.3, -0.25) is 4.90 Å². The predicted molar refractivity (Wildman–Crippen MR) is 61.7 cm³/mol. The minimum atomic E-state index is -1.25. The van der Waals surface area contributed by atoms with Crippen LogP contribution in [-0.2, 0) is 4.79 Å². The van der Waals surface area contributed by atoms with E-state index in [4.69, 9.17) is 5.11 Å². The highest BCUT2D eigenvalue weighted by Crippen LogP contribution is 2.40. The highest BCUT2D eigenvalue weighted by atomic mass is 32.2. The summed E-state index contributed by atoms with van der Waals surface area (Å²) >= 11 is 1.25. The zero-order chi connectivity index (χ0) is 12.2. The average molecular weight is 247 g/mol. The van der Waals surface area contributed by atoms with Crippen molar-refractivity contribution < 1.29 is 19.8 Å². The van der Waals surface area contributed by atoms with Crippen molar-refractivity contribution in [1.29, 1.82) is 0 Å². The number of carboxylic acid groups (broad SMARTS) is 2. The topological polar surface area (TPSA) is 77.8 Å². The van der Waals surface area contributed by atoms with Crippen LogP contribution in [0, 0.1) is 0 Å². The van der Waals surface area contributed by atoms with E-state index in [0.29, 0.717) is 25.1 Å². The van der Waals surface area contributed by atoms with Crippen molar-refractivity contribution in [3.63, 3.8) is 0 Å². The van der Waals surface area contributed by atoms with E-state index >= 15 is 0 Å². The molecule has 0 bridgehead atoms. The molecule has 0 spiro atoms. The Balaban J connectivity index is 2.78. The number of likely N-dealkylation sites (tertiary alicyclic amines) is 1. The molecule has 0 saturated carbocycles. The van der Waals surface area contributed by atoms with Crippen molar-refractivity contribution in [1.82, 2.24) is 4.90 Å². The highest BCUT2D eigenvalue weighted by Gasteiger charge is 2.50. The van der Waals surface area contributed by atoms with E-state index in [1.54, 1.807) is 0 Å². The van der Waals surface area contributed by atoms with E-state index in [9.17, 15) is 14.7 Å². The summed E-state index contributed by atoms with van der Waals surface area (Å²) < 4.78 is 0. The van der Waals surface area contributed by atoms with Gasteiger partial charge in [-0.25, -0.2) is 9.59 Å². The lowest BCUT2D eigenvalue weighted by atomic mass is 10.2. The summed E-state index contributed by atoms with van der Waals surface area (Å²) in [6, 6.07) is 0. The lowest BCUT2D eigenvalue weighted by molar-refractivity contribution is -0.143. The van der Waals surface area contributed by atoms with Crippen molar-refractivity contribution in [2.24, 2.45) is 0 Å². The van der Waals surface area contributed by atoms with Crippen LogP contribution < -0.4 is 0 Å². The maximum absolute atomic E-state index is 11.3. The molecule has 1 atom stereocenters. The smallest absolute Gasteiger partial charge is 0.408 e. The SMILES string of the molecule is CCCCSC1(C(=O)O)CCCN1C(=O)O. The molecule has 1 fully saturated rings. The van der Waals surface area contributed by atoms with Crippen molar-refractivity contribution in [3.05, 3.63) is 0 Å². The van der Waals surface area contributed by atoms with E-state index in [0.717, 1.165) is 17.7 Å². The molecule has 1 saturated heterocycles. The number of thioether (sulfide) groups is 1. The van der Waals surface area contributed by atoms with E-state index < -0.39 is 16.9 Å². The van der Waals surface area contributed by atoms with Gasteiger partial charge >= 0.3 is 12.1 Å². The molecule has 0 aromatic heterocycles. The molecule has 1 rings (SSSR count). The molecule has 5 nitrogen and oxygen atoms in total. The van der Waals surface area contributed by atoms with E-state index in [2.05, 4.69) is 0 Å². The van der Waals surface area contributed by atoms with Gasteiger partial charge in [-0.1, -0.05) is 13.3 Å². The van der Waals surface area contributed by atoms with Crippen LogP contribution in [0.25, 0.3) is 0 Å². The van der Waals surface area contributed by atoms with Crippen molar-refractivity contribution >= 4 is 23.8 Å². The van der Waals surface area contributed by atoms with Gasteiger partial charge in [-0.05, 0) is 25.0 Å². The first kappa shape index (κ1) is 13.2. The average Bonchev–Trinajstić information content (AvgIpc) is 2.63. The molecule has 1 aliphatic rings. The van der Waals surface area contributed by atoms with Crippen molar-refractivity contribution in [3.8, 4) is 0 Å². The Bertz CT molecular complexity index is 284. The molecule has 2 N–H and O–H groups in total. The second-order valence-electron chi connectivity index (χ2n) is 3.83. The summed E-state index contributed by atoms with van der Waals surface area (Å²) in [6.07, 6.45) is 1.79. The first-order valence-corrected chi connectivity index (χ1v) is 6.41. The fraction of sp³-hybridized carbons (Fsp3) is 0.800. The summed E-state index contributed by atoms with van der Waals surface area (Å²) in [6.45, 7) is 2.35. The van der Waals surface area contributed by atoms with Crippen LogP contribution in [0.3, 0.4) is 0 Å². The first-order valence-electron chi connectivity index (χ1n) is 5.42. The summed E-state index contributed by atoms with van der Waals surface area (Å²) in [4.78, 5) is 22.1. The second kappa shape index (κ2) is 5.43.